The number of pyridine rings is 1. The van der Waals surface area contributed by atoms with Crippen molar-refractivity contribution in [3.8, 4) is 0 Å². The van der Waals surface area contributed by atoms with Crippen molar-refractivity contribution in [1.29, 1.82) is 0 Å². The summed E-state index contributed by atoms with van der Waals surface area (Å²) in [5.74, 6) is 0.655. The topological polar surface area (TPSA) is 106 Å². The molecule has 0 atom stereocenters. The van der Waals surface area contributed by atoms with Gasteiger partial charge in [-0.25, -0.2) is 4.98 Å². The molecule has 1 aliphatic heterocycles. The summed E-state index contributed by atoms with van der Waals surface area (Å²) in [6.45, 7) is 4.10. The summed E-state index contributed by atoms with van der Waals surface area (Å²) in [7, 11) is 0. The van der Waals surface area contributed by atoms with Crippen LogP contribution in [0.4, 0.5) is 17.3 Å². The first-order chi connectivity index (χ1) is 9.47. The lowest BCUT2D eigenvalue weighted by atomic mass is 10.3. The molecule has 1 aromatic rings. The largest absolute Gasteiger partial charge is 0.383 e. The van der Waals surface area contributed by atoms with E-state index in [1.165, 1.54) is 12.1 Å². The van der Waals surface area contributed by atoms with E-state index in [1.54, 1.807) is 11.8 Å². The van der Waals surface area contributed by atoms with Crippen LogP contribution in [0, 0.1) is 10.1 Å². The lowest BCUT2D eigenvalue weighted by molar-refractivity contribution is -0.384. The van der Waals surface area contributed by atoms with E-state index in [0.29, 0.717) is 32.0 Å². The van der Waals surface area contributed by atoms with Gasteiger partial charge in [-0.2, -0.15) is 0 Å². The van der Waals surface area contributed by atoms with Gasteiger partial charge in [0.2, 0.25) is 5.91 Å². The fourth-order valence-corrected chi connectivity index (χ4v) is 2.25. The molecule has 0 radical (unpaired) electrons. The number of carbonyl (C=O) groups is 1. The van der Waals surface area contributed by atoms with Crippen LogP contribution in [0.25, 0.3) is 0 Å². The molecule has 0 aromatic carbocycles. The zero-order chi connectivity index (χ0) is 14.7. The van der Waals surface area contributed by atoms with Crippen LogP contribution in [0.2, 0.25) is 0 Å². The van der Waals surface area contributed by atoms with Gasteiger partial charge >= 0.3 is 0 Å². The van der Waals surface area contributed by atoms with E-state index in [2.05, 4.69) is 4.98 Å². The van der Waals surface area contributed by atoms with E-state index < -0.39 is 4.92 Å². The van der Waals surface area contributed by atoms with E-state index in [4.69, 9.17) is 5.73 Å². The molecule has 1 saturated heterocycles. The molecule has 1 fully saturated rings. The van der Waals surface area contributed by atoms with Crippen LogP contribution >= 0.6 is 0 Å². The highest BCUT2D eigenvalue weighted by molar-refractivity contribution is 5.73. The van der Waals surface area contributed by atoms with E-state index in [9.17, 15) is 14.9 Å². The van der Waals surface area contributed by atoms with Crippen molar-refractivity contribution in [1.82, 2.24) is 9.88 Å². The van der Waals surface area contributed by atoms with E-state index in [-0.39, 0.29) is 17.4 Å². The maximum absolute atomic E-state index is 11.4. The lowest BCUT2D eigenvalue weighted by Crippen LogP contribution is -2.33. The number of amides is 1. The molecule has 8 nitrogen and oxygen atoms in total. The second-order valence-corrected chi connectivity index (χ2v) is 4.71. The minimum absolute atomic E-state index is 0.0402. The van der Waals surface area contributed by atoms with Crippen LogP contribution < -0.4 is 10.6 Å². The molecule has 0 unspecified atom stereocenters. The summed E-state index contributed by atoms with van der Waals surface area (Å²) in [6.07, 6.45) is 0.795. The molecule has 2 rings (SSSR count). The second kappa shape index (κ2) is 5.72. The zero-order valence-electron chi connectivity index (χ0n) is 11.3. The fraction of sp³-hybridized carbons (Fsp3) is 0.500. The highest BCUT2D eigenvalue weighted by Gasteiger charge is 2.19. The Morgan fingerprint density at radius 2 is 2.10 bits per heavy atom. The molecule has 1 aliphatic rings. The monoisotopic (exact) mass is 279 g/mol. The summed E-state index contributed by atoms with van der Waals surface area (Å²) in [5, 5.41) is 10.8. The van der Waals surface area contributed by atoms with Gasteiger partial charge in [-0.3, -0.25) is 14.9 Å². The number of anilines is 2. The fourth-order valence-electron chi connectivity index (χ4n) is 2.25. The summed E-state index contributed by atoms with van der Waals surface area (Å²) in [5.41, 5.74) is 5.54. The molecular formula is C12H17N5O3. The average molecular weight is 279 g/mol. The molecule has 0 aliphatic carbocycles. The molecule has 2 N–H and O–H groups in total. The van der Waals surface area contributed by atoms with Crippen LogP contribution in [0.1, 0.15) is 13.3 Å². The van der Waals surface area contributed by atoms with Crippen molar-refractivity contribution in [3.63, 3.8) is 0 Å². The van der Waals surface area contributed by atoms with Crippen LogP contribution in [0.5, 0.6) is 0 Å². The average Bonchev–Trinajstić information content (AvgIpc) is 2.63. The second-order valence-electron chi connectivity index (χ2n) is 4.71. The summed E-state index contributed by atoms with van der Waals surface area (Å²) in [4.78, 5) is 29.6. The van der Waals surface area contributed by atoms with Crippen LogP contribution in [0.15, 0.2) is 12.1 Å². The number of hydrogen-bond acceptors (Lipinski definition) is 6. The van der Waals surface area contributed by atoms with Gasteiger partial charge < -0.3 is 15.5 Å². The van der Waals surface area contributed by atoms with Gasteiger partial charge in [0, 0.05) is 33.1 Å². The number of rotatable bonds is 2. The first-order valence-corrected chi connectivity index (χ1v) is 6.40. The Kier molecular flexibility index (Phi) is 4.02. The van der Waals surface area contributed by atoms with Crippen LogP contribution in [-0.2, 0) is 4.79 Å². The molecule has 20 heavy (non-hydrogen) atoms. The molecule has 0 spiro atoms. The standard InChI is InChI=1S/C12H17N5O3/c1-9(18)15-3-2-4-16(6-5-15)12-8-10(17(19)20)7-11(13)14-12/h7-8H,2-6H2,1H3,(H2,13,14). The van der Waals surface area contributed by atoms with Crippen LogP contribution in [-0.4, -0.2) is 46.9 Å². The van der Waals surface area contributed by atoms with Crippen molar-refractivity contribution in [3.05, 3.63) is 22.2 Å². The van der Waals surface area contributed by atoms with Gasteiger partial charge in [-0.15, -0.1) is 0 Å². The van der Waals surface area contributed by atoms with Crippen LogP contribution in [0.3, 0.4) is 0 Å². The van der Waals surface area contributed by atoms with Gasteiger partial charge in [0.15, 0.2) is 0 Å². The SMILES string of the molecule is CC(=O)N1CCCN(c2cc([N+](=O)[O-])cc(N)n2)CC1. The third kappa shape index (κ3) is 3.14. The Balaban J connectivity index is 2.19. The minimum atomic E-state index is -0.485. The maximum atomic E-state index is 11.4. The van der Waals surface area contributed by atoms with Crippen molar-refractivity contribution < 1.29 is 9.72 Å². The number of nitrogen functional groups attached to an aromatic ring is 1. The number of hydrogen-bond donors (Lipinski definition) is 1. The maximum Gasteiger partial charge on any atom is 0.276 e. The number of carbonyl (C=O) groups excluding carboxylic acids is 1. The van der Waals surface area contributed by atoms with Gasteiger partial charge in [0.25, 0.3) is 5.69 Å². The van der Waals surface area contributed by atoms with E-state index >= 15 is 0 Å². The normalized spacial score (nSPS) is 15.8. The number of nitrogens with zero attached hydrogens (tertiary/aromatic N) is 4. The summed E-state index contributed by atoms with van der Waals surface area (Å²) >= 11 is 0. The van der Waals surface area contributed by atoms with Gasteiger partial charge in [0.1, 0.15) is 11.6 Å². The third-order valence-electron chi connectivity index (χ3n) is 3.29. The Bertz CT molecular complexity index is 534. The quantitative estimate of drug-likeness (QED) is 0.628. The highest BCUT2D eigenvalue weighted by Crippen LogP contribution is 2.22. The van der Waals surface area contributed by atoms with Crippen molar-refractivity contribution in [2.24, 2.45) is 0 Å². The number of nitrogens with two attached hydrogens (primary N) is 1. The van der Waals surface area contributed by atoms with E-state index in [1.807, 2.05) is 4.90 Å². The Hall–Kier alpha value is -2.38. The van der Waals surface area contributed by atoms with Crippen molar-refractivity contribution in [2.75, 3.05) is 36.8 Å². The number of nitro groups is 1. The zero-order valence-corrected chi connectivity index (χ0v) is 11.3. The van der Waals surface area contributed by atoms with Gasteiger partial charge in [0.05, 0.1) is 17.1 Å². The molecule has 1 aromatic heterocycles. The predicted molar refractivity (Wildman–Crippen MR) is 74.4 cm³/mol. The molecule has 2 heterocycles. The molecular weight excluding hydrogens is 262 g/mol. The Labute approximate surface area is 116 Å². The highest BCUT2D eigenvalue weighted by atomic mass is 16.6. The molecule has 108 valence electrons. The van der Waals surface area contributed by atoms with E-state index in [0.717, 1.165) is 6.42 Å². The first kappa shape index (κ1) is 14.0. The molecule has 1 amide bonds. The Morgan fingerprint density at radius 1 is 1.35 bits per heavy atom. The molecule has 8 heteroatoms. The molecule has 0 saturated carbocycles. The predicted octanol–water partition coefficient (Wildman–Crippen LogP) is 0.631. The summed E-state index contributed by atoms with van der Waals surface area (Å²) < 4.78 is 0. The minimum Gasteiger partial charge on any atom is -0.383 e. The third-order valence-corrected chi connectivity index (χ3v) is 3.29. The Morgan fingerprint density at radius 3 is 2.75 bits per heavy atom. The smallest absolute Gasteiger partial charge is 0.276 e. The molecule has 0 bridgehead atoms. The van der Waals surface area contributed by atoms with Crippen molar-refractivity contribution in [2.45, 2.75) is 13.3 Å². The van der Waals surface area contributed by atoms with Gasteiger partial charge in [-0.1, -0.05) is 0 Å². The van der Waals surface area contributed by atoms with Gasteiger partial charge in [-0.05, 0) is 6.42 Å². The number of aromatic nitrogens is 1. The van der Waals surface area contributed by atoms with Crippen molar-refractivity contribution >= 4 is 23.2 Å². The lowest BCUT2D eigenvalue weighted by Gasteiger charge is -2.22. The first-order valence-electron chi connectivity index (χ1n) is 6.40. The summed E-state index contributed by atoms with van der Waals surface area (Å²) in [6, 6.07) is 2.66.